The molecule has 0 N–H and O–H groups in total. The molecule has 0 aliphatic carbocycles. The Morgan fingerprint density at radius 1 is 0.535 bits per heavy atom. The van der Waals surface area contributed by atoms with Crippen molar-refractivity contribution >= 4 is 17.1 Å². The largest absolute Gasteiger partial charge is 0.514 e. The van der Waals surface area contributed by atoms with E-state index in [9.17, 15) is 44.3 Å². The lowest BCUT2D eigenvalue weighted by molar-refractivity contribution is -0.163. The van der Waals surface area contributed by atoms with E-state index in [0.29, 0.717) is 20.4 Å². The molecule has 0 aliphatic heterocycles. The van der Waals surface area contributed by atoms with Crippen molar-refractivity contribution in [3.8, 4) is 17.2 Å². The number of hydrogen-bond donors (Lipinski definition) is 0. The molecule has 0 atom stereocenters. The van der Waals surface area contributed by atoms with E-state index in [1.165, 1.54) is 48.5 Å². The topological polar surface area (TPSA) is 44.8 Å². The normalized spacial score (nSPS) is 12.2. The van der Waals surface area contributed by atoms with E-state index in [4.69, 9.17) is 4.74 Å². The first-order valence-corrected chi connectivity index (χ1v) is 13.2. The summed E-state index contributed by atoms with van der Waals surface area (Å²) in [5, 5.41) is 0. The zero-order valence-electron chi connectivity index (χ0n) is 21.4. The van der Waals surface area contributed by atoms with Crippen LogP contribution in [0.25, 0.3) is 0 Å². The molecular formula is C29H18F9O4S+. The molecule has 4 rings (SSSR count). The molecule has 4 aromatic rings. The Hall–Kier alpha value is -4.33. The Morgan fingerprint density at radius 3 is 1.26 bits per heavy atom. The highest BCUT2D eigenvalue weighted by atomic mass is 32.2. The Morgan fingerprint density at radius 2 is 0.884 bits per heavy atom. The van der Waals surface area contributed by atoms with Crippen LogP contribution < -0.4 is 9.47 Å². The number of halogens is 9. The van der Waals surface area contributed by atoms with Crippen LogP contribution in [0.2, 0.25) is 0 Å². The van der Waals surface area contributed by atoms with Gasteiger partial charge in [-0.2, -0.15) is 39.5 Å². The van der Waals surface area contributed by atoms with Gasteiger partial charge < -0.3 is 14.2 Å². The summed E-state index contributed by atoms with van der Waals surface area (Å²) >= 11 is 0. The van der Waals surface area contributed by atoms with Gasteiger partial charge in [-0.1, -0.05) is 0 Å². The second kappa shape index (κ2) is 12.5. The Labute approximate surface area is 241 Å². The van der Waals surface area contributed by atoms with Gasteiger partial charge in [-0.3, -0.25) is 0 Å². The molecule has 226 valence electrons. The molecule has 0 unspecified atom stereocenters. The summed E-state index contributed by atoms with van der Waals surface area (Å²) in [4.78, 5) is 12.8. The van der Waals surface area contributed by atoms with Crippen LogP contribution in [0.3, 0.4) is 0 Å². The van der Waals surface area contributed by atoms with Crippen molar-refractivity contribution in [1.82, 2.24) is 0 Å². The van der Waals surface area contributed by atoms with Gasteiger partial charge in [0.2, 0.25) is 0 Å². The van der Waals surface area contributed by atoms with Gasteiger partial charge in [0.25, 0.3) is 0 Å². The monoisotopic (exact) mass is 633 g/mol. The smallest absolute Gasteiger partial charge is 0.457 e. The first-order valence-electron chi connectivity index (χ1n) is 12.0. The standard InChI is InChI=1S/C29H18F9O4S/c30-27(31,32)17-40-26(39)42-22-7-5-20(6-8-22)41-21-9-15-25(16-10-21)43(23-11-1-18(2-12-23)28(33,34)35)24-13-3-19(4-14-24)29(36,37)38/h1-16H,17H2/q+1. The molecule has 0 saturated heterocycles. The van der Waals surface area contributed by atoms with Gasteiger partial charge in [0.1, 0.15) is 17.2 Å². The van der Waals surface area contributed by atoms with Crippen LogP contribution in [0.1, 0.15) is 11.1 Å². The highest BCUT2D eigenvalue weighted by Gasteiger charge is 2.35. The highest BCUT2D eigenvalue weighted by Crippen LogP contribution is 2.37. The molecule has 0 bridgehead atoms. The van der Waals surface area contributed by atoms with E-state index < -0.39 is 53.3 Å². The van der Waals surface area contributed by atoms with Crippen molar-refractivity contribution in [3.63, 3.8) is 0 Å². The maximum Gasteiger partial charge on any atom is 0.514 e. The molecule has 0 fully saturated rings. The highest BCUT2D eigenvalue weighted by molar-refractivity contribution is 7.97. The molecule has 0 amide bonds. The van der Waals surface area contributed by atoms with Crippen LogP contribution in [-0.2, 0) is 28.0 Å². The molecule has 4 aromatic carbocycles. The van der Waals surface area contributed by atoms with E-state index in [-0.39, 0.29) is 11.5 Å². The lowest BCUT2D eigenvalue weighted by Gasteiger charge is -2.12. The molecule has 0 saturated carbocycles. The van der Waals surface area contributed by atoms with Gasteiger partial charge in [0, 0.05) is 0 Å². The van der Waals surface area contributed by atoms with Gasteiger partial charge >= 0.3 is 24.7 Å². The van der Waals surface area contributed by atoms with Crippen molar-refractivity contribution in [2.24, 2.45) is 0 Å². The number of ether oxygens (including phenoxy) is 3. The summed E-state index contributed by atoms with van der Waals surface area (Å²) in [6.07, 6.45) is -15.4. The van der Waals surface area contributed by atoms with Gasteiger partial charge in [0.05, 0.1) is 22.0 Å². The molecular weight excluding hydrogens is 615 g/mol. The molecule has 0 radical (unpaired) electrons. The number of carbonyl (C=O) groups is 1. The summed E-state index contributed by atoms with van der Waals surface area (Å²) in [7, 11) is -1.08. The number of hydrogen-bond acceptors (Lipinski definition) is 4. The average molecular weight is 634 g/mol. The van der Waals surface area contributed by atoms with Crippen LogP contribution in [0.5, 0.6) is 17.2 Å². The van der Waals surface area contributed by atoms with Crippen LogP contribution >= 0.6 is 0 Å². The number of benzene rings is 4. The number of rotatable bonds is 7. The Bertz CT molecular complexity index is 1460. The van der Waals surface area contributed by atoms with Gasteiger partial charge in [-0.25, -0.2) is 4.79 Å². The first kappa shape index (κ1) is 31.6. The lowest BCUT2D eigenvalue weighted by atomic mass is 10.2. The number of alkyl halides is 9. The Balaban J connectivity index is 1.53. The molecule has 43 heavy (non-hydrogen) atoms. The van der Waals surface area contributed by atoms with Crippen LogP contribution in [-0.4, -0.2) is 18.9 Å². The molecule has 0 heterocycles. The fraction of sp³-hybridized carbons (Fsp3) is 0.138. The second-order valence-electron chi connectivity index (χ2n) is 8.65. The van der Waals surface area contributed by atoms with Gasteiger partial charge in [-0.15, -0.1) is 0 Å². The molecule has 4 nitrogen and oxygen atoms in total. The first-order chi connectivity index (χ1) is 20.1. The van der Waals surface area contributed by atoms with Crippen molar-refractivity contribution in [2.75, 3.05) is 6.61 Å². The minimum atomic E-state index is -4.71. The molecule has 14 heteroatoms. The summed E-state index contributed by atoms with van der Waals surface area (Å²) in [6.45, 7) is -1.80. The second-order valence-corrected chi connectivity index (χ2v) is 10.7. The van der Waals surface area contributed by atoms with E-state index in [2.05, 4.69) is 9.47 Å². The number of carbonyl (C=O) groups excluding carboxylic acids is 1. The van der Waals surface area contributed by atoms with E-state index in [1.54, 1.807) is 24.3 Å². The average Bonchev–Trinajstić information content (AvgIpc) is 2.93. The third kappa shape index (κ3) is 8.83. The molecule has 0 spiro atoms. The van der Waals surface area contributed by atoms with Crippen molar-refractivity contribution in [2.45, 2.75) is 33.2 Å². The zero-order chi connectivity index (χ0) is 31.4. The predicted octanol–water partition coefficient (Wildman–Crippen LogP) is 9.69. The fourth-order valence-electron chi connectivity index (χ4n) is 3.59. The van der Waals surface area contributed by atoms with Crippen LogP contribution in [0.15, 0.2) is 112 Å². The van der Waals surface area contributed by atoms with Crippen molar-refractivity contribution in [3.05, 3.63) is 108 Å². The predicted molar refractivity (Wildman–Crippen MR) is 136 cm³/mol. The van der Waals surface area contributed by atoms with Gasteiger partial charge in [-0.05, 0) is 97.1 Å². The van der Waals surface area contributed by atoms with Crippen LogP contribution in [0, 0.1) is 0 Å². The molecule has 0 aliphatic rings. The van der Waals surface area contributed by atoms with Crippen molar-refractivity contribution in [1.29, 1.82) is 0 Å². The third-order valence-electron chi connectivity index (χ3n) is 5.51. The maximum absolute atomic E-state index is 13.1. The van der Waals surface area contributed by atoms with Crippen molar-refractivity contribution < 1.29 is 58.5 Å². The maximum atomic E-state index is 13.1. The quantitative estimate of drug-likeness (QED) is 0.0880. The van der Waals surface area contributed by atoms with E-state index in [1.807, 2.05) is 0 Å². The zero-order valence-corrected chi connectivity index (χ0v) is 22.2. The summed E-state index contributed by atoms with van der Waals surface area (Å²) in [5.74, 6) is 0.464. The lowest BCUT2D eigenvalue weighted by Crippen LogP contribution is -2.22. The SMILES string of the molecule is O=C(OCC(F)(F)F)Oc1ccc(Oc2ccc([S+](c3ccc(C(F)(F)F)cc3)c3ccc(C(F)(F)F)cc3)cc2)cc1. The van der Waals surface area contributed by atoms with E-state index in [0.717, 1.165) is 24.3 Å². The fourth-order valence-corrected chi connectivity index (χ4v) is 5.63. The summed E-state index contributed by atoms with van der Waals surface area (Å²) < 4.78 is 129. The van der Waals surface area contributed by atoms with E-state index >= 15 is 0 Å². The summed E-state index contributed by atoms with van der Waals surface area (Å²) in [5.41, 5.74) is -1.74. The minimum Gasteiger partial charge on any atom is -0.457 e. The Kier molecular flexibility index (Phi) is 9.18. The van der Waals surface area contributed by atoms with Crippen LogP contribution in [0.4, 0.5) is 44.3 Å². The minimum absolute atomic E-state index is 0.105. The third-order valence-corrected chi connectivity index (χ3v) is 7.74. The van der Waals surface area contributed by atoms with Gasteiger partial charge in [0.15, 0.2) is 21.3 Å². The summed E-state index contributed by atoms with van der Waals surface area (Å²) in [6, 6.07) is 20.3. The molecule has 0 aromatic heterocycles.